The average molecular weight is 425 g/mol. The van der Waals surface area contributed by atoms with Crippen molar-refractivity contribution in [3.63, 3.8) is 0 Å². The summed E-state index contributed by atoms with van der Waals surface area (Å²) in [6, 6.07) is 0. The number of nitrogens with zero attached hydrogens (tertiary/aromatic N) is 5. The maximum absolute atomic E-state index is 12.9. The fraction of sp³-hybridized carbons (Fsp3) is 0.591. The molecule has 9 nitrogen and oxygen atoms in total. The summed E-state index contributed by atoms with van der Waals surface area (Å²) in [6.07, 6.45) is 7.30. The van der Waals surface area contributed by atoms with Crippen LogP contribution in [0, 0.1) is 0 Å². The van der Waals surface area contributed by atoms with E-state index in [-0.39, 0.29) is 16.9 Å². The highest BCUT2D eigenvalue weighted by atomic mass is 16.5. The normalized spacial score (nSPS) is 20.2. The lowest BCUT2D eigenvalue weighted by Crippen LogP contribution is -2.45. The first kappa shape index (κ1) is 20.1. The first-order chi connectivity index (χ1) is 15.1. The van der Waals surface area contributed by atoms with Crippen molar-refractivity contribution in [1.29, 1.82) is 0 Å². The molecule has 2 saturated heterocycles. The molecule has 2 aliphatic heterocycles. The number of morpholine rings is 1. The van der Waals surface area contributed by atoms with E-state index in [0.29, 0.717) is 37.8 Å². The average Bonchev–Trinajstić information content (AvgIpc) is 3.18. The predicted octanol–water partition coefficient (Wildman–Crippen LogP) is 1.08. The van der Waals surface area contributed by atoms with Gasteiger partial charge in [0, 0.05) is 56.0 Å². The Kier molecular flexibility index (Phi) is 5.21. The van der Waals surface area contributed by atoms with Crippen molar-refractivity contribution in [1.82, 2.24) is 24.8 Å². The molecule has 164 valence electrons. The quantitative estimate of drug-likeness (QED) is 0.786. The van der Waals surface area contributed by atoms with E-state index in [4.69, 9.17) is 9.72 Å². The van der Waals surface area contributed by atoms with E-state index in [1.165, 1.54) is 0 Å². The molecule has 0 aromatic carbocycles. The van der Waals surface area contributed by atoms with E-state index in [1.54, 1.807) is 12.4 Å². The number of anilines is 1. The second-order valence-corrected chi connectivity index (χ2v) is 8.63. The van der Waals surface area contributed by atoms with Crippen LogP contribution in [0.15, 0.2) is 17.2 Å². The summed E-state index contributed by atoms with van der Waals surface area (Å²) in [6.45, 7) is 6.04. The number of ether oxygens (including phenoxy) is 1. The topological polar surface area (TPSA) is 104 Å². The number of hydrogen-bond acceptors (Lipinski definition) is 7. The summed E-state index contributed by atoms with van der Waals surface area (Å²) in [7, 11) is 0. The summed E-state index contributed by atoms with van der Waals surface area (Å²) in [5.41, 5.74) is 2.16. The van der Waals surface area contributed by atoms with Crippen LogP contribution in [0.5, 0.6) is 0 Å². The third-order valence-electron chi connectivity index (χ3n) is 6.95. The Hall–Kier alpha value is -2.81. The molecule has 5 rings (SSSR count). The van der Waals surface area contributed by atoms with Crippen molar-refractivity contribution in [2.75, 3.05) is 44.3 Å². The van der Waals surface area contributed by atoms with Gasteiger partial charge in [-0.2, -0.15) is 0 Å². The highest BCUT2D eigenvalue weighted by Gasteiger charge is 2.45. The number of hydrogen-bond donors (Lipinski definition) is 1. The van der Waals surface area contributed by atoms with Crippen LogP contribution in [-0.4, -0.2) is 70.1 Å². The van der Waals surface area contributed by atoms with Crippen molar-refractivity contribution in [3.05, 3.63) is 45.4 Å². The van der Waals surface area contributed by atoms with Crippen LogP contribution in [-0.2, 0) is 23.0 Å². The fourth-order valence-corrected chi connectivity index (χ4v) is 5.02. The van der Waals surface area contributed by atoms with Gasteiger partial charge in [0.25, 0.3) is 11.5 Å². The molecule has 0 saturated carbocycles. The van der Waals surface area contributed by atoms with Crippen molar-refractivity contribution in [2.45, 2.75) is 44.4 Å². The standard InChI is InChI=1S/C22H28N6O3/c1-2-17-23-13-15(14-24-17)20(30)27-7-5-22(6-8-27)4-3-16-18(22)25-21(26-19(16)29)28-9-11-31-12-10-28/h13-14H,2-12H2,1H3,(H,25,26,29). The van der Waals surface area contributed by atoms with Crippen molar-refractivity contribution in [2.24, 2.45) is 0 Å². The van der Waals surface area contributed by atoms with E-state index in [0.717, 1.165) is 62.3 Å². The summed E-state index contributed by atoms with van der Waals surface area (Å²) in [4.78, 5) is 46.1. The number of aromatic amines is 1. The van der Waals surface area contributed by atoms with E-state index in [1.807, 2.05) is 11.8 Å². The molecule has 1 N–H and O–H groups in total. The number of carbonyl (C=O) groups is 1. The zero-order valence-electron chi connectivity index (χ0n) is 17.9. The van der Waals surface area contributed by atoms with Crippen LogP contribution in [0.25, 0.3) is 0 Å². The van der Waals surface area contributed by atoms with Crippen molar-refractivity contribution >= 4 is 11.9 Å². The zero-order chi connectivity index (χ0) is 21.4. The molecule has 0 unspecified atom stereocenters. The number of H-pyrrole nitrogens is 1. The molecular weight excluding hydrogens is 396 g/mol. The smallest absolute Gasteiger partial charge is 0.256 e. The third kappa shape index (κ3) is 3.60. The Labute approximate surface area is 180 Å². The van der Waals surface area contributed by atoms with Gasteiger partial charge in [0.1, 0.15) is 5.82 Å². The Morgan fingerprint density at radius 2 is 1.84 bits per heavy atom. The number of nitrogens with one attached hydrogen (secondary N) is 1. The van der Waals surface area contributed by atoms with Gasteiger partial charge in [-0.25, -0.2) is 15.0 Å². The molecule has 0 atom stereocenters. The Bertz CT molecular complexity index is 1020. The van der Waals surface area contributed by atoms with Crippen molar-refractivity contribution in [3.8, 4) is 0 Å². The van der Waals surface area contributed by atoms with Crippen LogP contribution >= 0.6 is 0 Å². The molecule has 2 aromatic rings. The van der Waals surface area contributed by atoms with E-state index in [2.05, 4.69) is 19.9 Å². The van der Waals surface area contributed by atoms with Gasteiger partial charge in [0.05, 0.1) is 24.5 Å². The van der Waals surface area contributed by atoms with Gasteiger partial charge in [0.2, 0.25) is 5.95 Å². The van der Waals surface area contributed by atoms with E-state index >= 15 is 0 Å². The van der Waals surface area contributed by atoms with Crippen LogP contribution in [0.3, 0.4) is 0 Å². The van der Waals surface area contributed by atoms with Gasteiger partial charge < -0.3 is 14.5 Å². The van der Waals surface area contributed by atoms with Gasteiger partial charge in [-0.1, -0.05) is 6.92 Å². The lowest BCUT2D eigenvalue weighted by molar-refractivity contribution is 0.0662. The summed E-state index contributed by atoms with van der Waals surface area (Å²) >= 11 is 0. The van der Waals surface area contributed by atoms with Gasteiger partial charge in [0.15, 0.2) is 0 Å². The van der Waals surface area contributed by atoms with Crippen molar-refractivity contribution < 1.29 is 9.53 Å². The summed E-state index contributed by atoms with van der Waals surface area (Å²) in [5, 5.41) is 0. The van der Waals surface area contributed by atoms with Gasteiger partial charge in [-0.05, 0) is 25.7 Å². The molecule has 0 radical (unpaired) electrons. The van der Waals surface area contributed by atoms with Crippen LogP contribution in [0.1, 0.15) is 53.6 Å². The first-order valence-corrected chi connectivity index (χ1v) is 11.2. The number of fused-ring (bicyclic) bond motifs is 2. The number of aromatic nitrogens is 4. The molecular formula is C22H28N6O3. The second kappa shape index (κ2) is 8.03. The monoisotopic (exact) mass is 424 g/mol. The molecule has 3 aliphatic rings. The number of likely N-dealkylation sites (tertiary alicyclic amines) is 1. The minimum Gasteiger partial charge on any atom is -0.378 e. The lowest BCUT2D eigenvalue weighted by Gasteiger charge is -2.39. The maximum Gasteiger partial charge on any atom is 0.256 e. The number of aryl methyl sites for hydroxylation is 1. The van der Waals surface area contributed by atoms with Gasteiger partial charge in [-0.15, -0.1) is 0 Å². The molecule has 2 fully saturated rings. The van der Waals surface area contributed by atoms with Crippen LogP contribution in [0.4, 0.5) is 5.95 Å². The highest BCUT2D eigenvalue weighted by Crippen LogP contribution is 2.44. The van der Waals surface area contributed by atoms with E-state index in [9.17, 15) is 9.59 Å². The Morgan fingerprint density at radius 1 is 1.13 bits per heavy atom. The molecule has 1 aliphatic carbocycles. The molecule has 31 heavy (non-hydrogen) atoms. The van der Waals surface area contributed by atoms with Crippen LogP contribution in [0.2, 0.25) is 0 Å². The molecule has 1 amide bonds. The zero-order valence-corrected chi connectivity index (χ0v) is 17.9. The fourth-order valence-electron chi connectivity index (χ4n) is 5.02. The molecule has 0 bridgehead atoms. The highest BCUT2D eigenvalue weighted by molar-refractivity contribution is 5.93. The number of carbonyl (C=O) groups excluding carboxylic acids is 1. The number of amides is 1. The minimum atomic E-state index is -0.121. The Balaban J connectivity index is 1.34. The Morgan fingerprint density at radius 3 is 2.52 bits per heavy atom. The first-order valence-electron chi connectivity index (χ1n) is 11.2. The maximum atomic E-state index is 12.9. The summed E-state index contributed by atoms with van der Waals surface area (Å²) < 4.78 is 5.43. The van der Waals surface area contributed by atoms with E-state index < -0.39 is 0 Å². The van der Waals surface area contributed by atoms with Gasteiger partial charge >= 0.3 is 0 Å². The van der Waals surface area contributed by atoms with Crippen LogP contribution < -0.4 is 10.5 Å². The molecule has 1 spiro atoms. The predicted molar refractivity (Wildman–Crippen MR) is 114 cm³/mol. The summed E-state index contributed by atoms with van der Waals surface area (Å²) in [5.74, 6) is 1.37. The third-order valence-corrected chi connectivity index (χ3v) is 6.95. The lowest BCUT2D eigenvalue weighted by atomic mass is 9.76. The SMILES string of the molecule is CCc1ncc(C(=O)N2CCC3(CCc4c3nc(N3CCOCC3)[nH]c4=O)CC2)cn1. The number of piperidine rings is 1. The largest absolute Gasteiger partial charge is 0.378 e. The van der Waals surface area contributed by atoms with Gasteiger partial charge in [-0.3, -0.25) is 14.6 Å². The molecule has 2 aromatic heterocycles. The second-order valence-electron chi connectivity index (χ2n) is 8.63. The molecule has 9 heteroatoms. The molecule has 4 heterocycles. The minimum absolute atomic E-state index is 0.0185. The number of rotatable bonds is 3.